The van der Waals surface area contributed by atoms with Gasteiger partial charge in [-0.05, 0) is 13.1 Å². The van der Waals surface area contributed by atoms with Crippen molar-refractivity contribution >= 4 is 24.3 Å². The Balaban J connectivity index is 0. The van der Waals surface area contributed by atoms with Crippen LogP contribution in [0.25, 0.3) is 0 Å². The minimum absolute atomic E-state index is 0. The van der Waals surface area contributed by atoms with Crippen molar-refractivity contribution in [3.63, 3.8) is 0 Å². The zero-order chi connectivity index (χ0) is 12.6. The summed E-state index contributed by atoms with van der Waals surface area (Å²) >= 11 is 0. The van der Waals surface area contributed by atoms with Crippen molar-refractivity contribution in [3.8, 4) is 0 Å². The molecule has 0 aliphatic rings. The summed E-state index contributed by atoms with van der Waals surface area (Å²) in [4.78, 5) is 24.0. The third kappa shape index (κ3) is 8.71. The Hall–Kier alpha value is -1.07. The molecule has 0 rings (SSSR count). The molecule has 0 radical (unpaired) electrons. The van der Waals surface area contributed by atoms with Crippen molar-refractivity contribution in [2.24, 2.45) is 0 Å². The van der Waals surface area contributed by atoms with Crippen LogP contribution in [0.5, 0.6) is 0 Å². The molecule has 0 aromatic rings. The third-order valence-corrected chi connectivity index (χ3v) is 2.11. The number of hydrogen-bond donors (Lipinski definition) is 1. The highest BCUT2D eigenvalue weighted by Gasteiger charge is 2.16. The number of likely N-dealkylation sites (N-methyl/N-ethyl adjacent to an activating group) is 1. The quantitative estimate of drug-likeness (QED) is 0.422. The fraction of sp³-hybridized carbons (Fsp3) is 0.636. The monoisotopic (exact) mass is 264 g/mol. The summed E-state index contributed by atoms with van der Waals surface area (Å²) in [6.07, 6.45) is 0.458. The SMILES string of the molecule is C=CC(=O)OC(CN(CC)CC)NC(C)=O.Cl. The van der Waals surface area contributed by atoms with Crippen LogP contribution in [-0.4, -0.2) is 42.6 Å². The molecule has 0 fully saturated rings. The van der Waals surface area contributed by atoms with E-state index in [9.17, 15) is 9.59 Å². The Labute approximate surface area is 109 Å². The Morgan fingerprint density at radius 3 is 2.29 bits per heavy atom. The van der Waals surface area contributed by atoms with Crippen molar-refractivity contribution in [1.82, 2.24) is 10.2 Å². The molecule has 100 valence electrons. The maximum atomic E-state index is 11.1. The molecule has 0 heterocycles. The molecular weight excluding hydrogens is 244 g/mol. The van der Waals surface area contributed by atoms with E-state index in [2.05, 4.69) is 16.8 Å². The number of carbonyl (C=O) groups is 2. The Morgan fingerprint density at radius 2 is 1.94 bits per heavy atom. The van der Waals surface area contributed by atoms with Gasteiger partial charge in [0.15, 0.2) is 6.23 Å². The van der Waals surface area contributed by atoms with Crippen LogP contribution in [0, 0.1) is 0 Å². The Morgan fingerprint density at radius 1 is 1.41 bits per heavy atom. The van der Waals surface area contributed by atoms with E-state index in [4.69, 9.17) is 4.74 Å². The molecule has 0 aliphatic carbocycles. The van der Waals surface area contributed by atoms with Crippen molar-refractivity contribution in [2.45, 2.75) is 27.0 Å². The highest BCUT2D eigenvalue weighted by atomic mass is 35.5. The minimum Gasteiger partial charge on any atom is -0.437 e. The molecule has 1 N–H and O–H groups in total. The van der Waals surface area contributed by atoms with Gasteiger partial charge in [-0.3, -0.25) is 9.69 Å². The van der Waals surface area contributed by atoms with E-state index >= 15 is 0 Å². The Bertz CT molecular complexity index is 255. The molecule has 0 aromatic carbocycles. The molecule has 0 bridgehead atoms. The van der Waals surface area contributed by atoms with Crippen LogP contribution in [0.3, 0.4) is 0 Å². The predicted octanol–water partition coefficient (Wildman–Crippen LogP) is 0.941. The maximum Gasteiger partial charge on any atom is 0.332 e. The number of rotatable bonds is 7. The summed E-state index contributed by atoms with van der Waals surface area (Å²) in [6, 6.07) is 0. The summed E-state index contributed by atoms with van der Waals surface area (Å²) < 4.78 is 5.01. The third-order valence-electron chi connectivity index (χ3n) is 2.11. The van der Waals surface area contributed by atoms with Gasteiger partial charge in [0.05, 0.1) is 6.54 Å². The van der Waals surface area contributed by atoms with E-state index in [1.54, 1.807) is 0 Å². The molecule has 0 aromatic heterocycles. The number of nitrogens with one attached hydrogen (secondary N) is 1. The zero-order valence-electron chi connectivity index (χ0n) is 10.6. The van der Waals surface area contributed by atoms with E-state index in [1.165, 1.54) is 6.92 Å². The molecule has 1 unspecified atom stereocenters. The number of esters is 1. The van der Waals surface area contributed by atoms with Crippen molar-refractivity contribution in [2.75, 3.05) is 19.6 Å². The second-order valence-electron chi connectivity index (χ2n) is 3.32. The largest absolute Gasteiger partial charge is 0.437 e. The van der Waals surface area contributed by atoms with Gasteiger partial charge in [0, 0.05) is 13.0 Å². The molecule has 0 saturated heterocycles. The normalized spacial score (nSPS) is 11.3. The molecular formula is C11H21ClN2O3. The van der Waals surface area contributed by atoms with Gasteiger partial charge < -0.3 is 10.1 Å². The summed E-state index contributed by atoms with van der Waals surface area (Å²) in [5.41, 5.74) is 0. The Kier molecular flexibility index (Phi) is 10.9. The standard InChI is InChI=1S/C11H20N2O3.ClH/c1-5-11(15)16-10(12-9(4)14)8-13(6-2)7-3;/h5,10H,1,6-8H2,2-4H3,(H,12,14);1H. The number of ether oxygens (including phenoxy) is 1. The minimum atomic E-state index is -0.622. The fourth-order valence-corrected chi connectivity index (χ4v) is 1.24. The van der Waals surface area contributed by atoms with E-state index in [-0.39, 0.29) is 18.3 Å². The van der Waals surface area contributed by atoms with Crippen LogP contribution in [0.4, 0.5) is 0 Å². The summed E-state index contributed by atoms with van der Waals surface area (Å²) in [5, 5.41) is 2.57. The summed E-state index contributed by atoms with van der Waals surface area (Å²) in [7, 11) is 0. The fourth-order valence-electron chi connectivity index (χ4n) is 1.24. The lowest BCUT2D eigenvalue weighted by Crippen LogP contribution is -2.45. The molecule has 0 spiro atoms. The van der Waals surface area contributed by atoms with Gasteiger partial charge in [0.1, 0.15) is 0 Å². The smallest absolute Gasteiger partial charge is 0.332 e. The molecule has 0 saturated carbocycles. The lowest BCUT2D eigenvalue weighted by molar-refractivity contribution is -0.147. The number of carbonyl (C=O) groups excluding carboxylic acids is 2. The molecule has 0 aliphatic heterocycles. The van der Waals surface area contributed by atoms with E-state index in [0.717, 1.165) is 19.2 Å². The van der Waals surface area contributed by atoms with Crippen LogP contribution >= 0.6 is 12.4 Å². The number of amides is 1. The van der Waals surface area contributed by atoms with Crippen molar-refractivity contribution in [1.29, 1.82) is 0 Å². The van der Waals surface area contributed by atoms with Crippen LogP contribution < -0.4 is 5.32 Å². The number of halogens is 1. The first-order valence-corrected chi connectivity index (χ1v) is 5.35. The maximum absolute atomic E-state index is 11.1. The second kappa shape index (κ2) is 10.1. The number of nitrogens with zero attached hydrogens (tertiary/aromatic N) is 1. The van der Waals surface area contributed by atoms with Gasteiger partial charge in [-0.2, -0.15) is 0 Å². The molecule has 6 heteroatoms. The second-order valence-corrected chi connectivity index (χ2v) is 3.32. The molecule has 5 nitrogen and oxygen atoms in total. The van der Waals surface area contributed by atoms with Crippen molar-refractivity contribution < 1.29 is 14.3 Å². The molecule has 17 heavy (non-hydrogen) atoms. The average Bonchev–Trinajstić information content (AvgIpc) is 2.24. The average molecular weight is 265 g/mol. The van der Waals surface area contributed by atoms with Gasteiger partial charge in [-0.15, -0.1) is 12.4 Å². The van der Waals surface area contributed by atoms with Gasteiger partial charge >= 0.3 is 5.97 Å². The van der Waals surface area contributed by atoms with Crippen LogP contribution in [0.15, 0.2) is 12.7 Å². The summed E-state index contributed by atoms with van der Waals surface area (Å²) in [6.45, 7) is 10.8. The van der Waals surface area contributed by atoms with Crippen molar-refractivity contribution in [3.05, 3.63) is 12.7 Å². The van der Waals surface area contributed by atoms with E-state index in [1.807, 2.05) is 13.8 Å². The van der Waals surface area contributed by atoms with Gasteiger partial charge in [0.25, 0.3) is 0 Å². The molecule has 1 amide bonds. The highest BCUT2D eigenvalue weighted by molar-refractivity contribution is 5.85. The van der Waals surface area contributed by atoms with Crippen LogP contribution in [0.2, 0.25) is 0 Å². The van der Waals surface area contributed by atoms with E-state index in [0.29, 0.717) is 6.54 Å². The lowest BCUT2D eigenvalue weighted by Gasteiger charge is -2.25. The predicted molar refractivity (Wildman–Crippen MR) is 68.9 cm³/mol. The zero-order valence-corrected chi connectivity index (χ0v) is 11.4. The first-order valence-electron chi connectivity index (χ1n) is 5.35. The van der Waals surface area contributed by atoms with Crippen LogP contribution in [0.1, 0.15) is 20.8 Å². The van der Waals surface area contributed by atoms with Crippen LogP contribution in [-0.2, 0) is 14.3 Å². The van der Waals surface area contributed by atoms with Gasteiger partial charge in [0.2, 0.25) is 5.91 Å². The molecule has 1 atom stereocenters. The first kappa shape index (κ1) is 18.3. The highest BCUT2D eigenvalue weighted by Crippen LogP contribution is 1.96. The van der Waals surface area contributed by atoms with Gasteiger partial charge in [-0.25, -0.2) is 4.79 Å². The first-order chi connectivity index (χ1) is 7.53. The summed E-state index contributed by atoms with van der Waals surface area (Å²) in [5.74, 6) is -0.764. The van der Waals surface area contributed by atoms with E-state index < -0.39 is 12.2 Å². The lowest BCUT2D eigenvalue weighted by atomic mass is 10.4. The topological polar surface area (TPSA) is 58.6 Å². The van der Waals surface area contributed by atoms with Gasteiger partial charge in [-0.1, -0.05) is 20.4 Å². The number of hydrogen-bond acceptors (Lipinski definition) is 4.